The third-order valence-electron chi connectivity index (χ3n) is 5.53. The minimum absolute atomic E-state index is 0.0913. The Balaban J connectivity index is 1.35. The molecule has 0 unspecified atom stereocenters. The van der Waals surface area contributed by atoms with Crippen LogP contribution in [-0.2, 0) is 16.6 Å². The second-order valence-electron chi connectivity index (χ2n) is 7.29. The lowest BCUT2D eigenvalue weighted by molar-refractivity contribution is 0.186. The fourth-order valence-corrected chi connectivity index (χ4v) is 5.45. The first-order valence-corrected chi connectivity index (χ1v) is 10.9. The fraction of sp³-hybridized carbons (Fsp3) is 0.500. The number of rotatable bonds is 5. The summed E-state index contributed by atoms with van der Waals surface area (Å²) in [6.07, 6.45) is 4.12. The van der Waals surface area contributed by atoms with E-state index in [1.807, 2.05) is 6.07 Å². The smallest absolute Gasteiger partial charge is 0.276 e. The summed E-state index contributed by atoms with van der Waals surface area (Å²) < 4.78 is 32.3. The molecule has 0 radical (unpaired) electrons. The molecular formula is C20H26N2O3S. The Labute approximate surface area is 155 Å². The number of furan rings is 1. The van der Waals surface area contributed by atoms with E-state index in [1.165, 1.54) is 9.87 Å². The number of piperidine rings is 1. The van der Waals surface area contributed by atoms with E-state index in [0.717, 1.165) is 44.5 Å². The van der Waals surface area contributed by atoms with Gasteiger partial charge in [0.25, 0.3) is 10.0 Å². The maximum absolute atomic E-state index is 12.6. The summed E-state index contributed by atoms with van der Waals surface area (Å²) in [4.78, 5) is 2.35. The Morgan fingerprint density at radius 2 is 1.62 bits per heavy atom. The van der Waals surface area contributed by atoms with Crippen LogP contribution in [0.3, 0.4) is 0 Å². The van der Waals surface area contributed by atoms with E-state index in [4.69, 9.17) is 4.42 Å². The largest absolute Gasteiger partial charge is 0.447 e. The third kappa shape index (κ3) is 3.72. The van der Waals surface area contributed by atoms with E-state index in [2.05, 4.69) is 35.2 Å². The second-order valence-corrected chi connectivity index (χ2v) is 9.16. The zero-order valence-electron chi connectivity index (χ0n) is 15.0. The van der Waals surface area contributed by atoms with Crippen molar-refractivity contribution in [2.45, 2.75) is 43.2 Å². The van der Waals surface area contributed by atoms with Crippen molar-refractivity contribution in [3.05, 3.63) is 53.8 Å². The van der Waals surface area contributed by atoms with E-state index in [1.54, 1.807) is 6.07 Å². The molecule has 0 saturated carbocycles. The maximum atomic E-state index is 12.6. The van der Waals surface area contributed by atoms with Gasteiger partial charge in [-0.15, -0.1) is 0 Å². The minimum Gasteiger partial charge on any atom is -0.447 e. The lowest BCUT2D eigenvalue weighted by atomic mass is 9.89. The second kappa shape index (κ2) is 7.55. The fourth-order valence-electron chi connectivity index (χ4n) is 4.01. The molecule has 1 aromatic carbocycles. The molecule has 2 fully saturated rings. The zero-order valence-corrected chi connectivity index (χ0v) is 15.8. The van der Waals surface area contributed by atoms with Gasteiger partial charge in [-0.3, -0.25) is 4.90 Å². The maximum Gasteiger partial charge on any atom is 0.276 e. The lowest BCUT2D eigenvalue weighted by Gasteiger charge is -2.31. The highest BCUT2D eigenvalue weighted by atomic mass is 32.2. The number of nitrogens with zero attached hydrogens (tertiary/aromatic N) is 2. The number of likely N-dealkylation sites (tertiary alicyclic amines) is 1. The Morgan fingerprint density at radius 1 is 0.923 bits per heavy atom. The van der Waals surface area contributed by atoms with Crippen LogP contribution in [0.2, 0.25) is 0 Å². The first kappa shape index (κ1) is 17.8. The van der Waals surface area contributed by atoms with E-state index in [-0.39, 0.29) is 5.09 Å². The molecule has 26 heavy (non-hydrogen) atoms. The van der Waals surface area contributed by atoms with Crippen molar-refractivity contribution >= 4 is 10.0 Å². The summed E-state index contributed by atoms with van der Waals surface area (Å²) >= 11 is 0. The molecule has 0 bridgehead atoms. The van der Waals surface area contributed by atoms with Crippen molar-refractivity contribution in [3.63, 3.8) is 0 Å². The quantitative estimate of drug-likeness (QED) is 0.804. The summed E-state index contributed by atoms with van der Waals surface area (Å²) in [7, 11) is -3.46. The van der Waals surface area contributed by atoms with Gasteiger partial charge >= 0.3 is 0 Å². The molecule has 4 rings (SSSR count). The van der Waals surface area contributed by atoms with Crippen molar-refractivity contribution in [1.29, 1.82) is 0 Å². The SMILES string of the molecule is O=S(=O)(c1ccc(CN2CCC(c3ccccc3)CC2)o1)N1CCCC1. The van der Waals surface area contributed by atoms with Crippen molar-refractivity contribution in [2.75, 3.05) is 26.2 Å². The van der Waals surface area contributed by atoms with Crippen molar-refractivity contribution < 1.29 is 12.8 Å². The van der Waals surface area contributed by atoms with Gasteiger partial charge in [0.15, 0.2) is 0 Å². The highest BCUT2D eigenvalue weighted by Crippen LogP contribution is 2.29. The standard InChI is InChI=1S/C20H26N2O3S/c23-26(24,22-12-4-5-13-22)20-9-8-19(25-20)16-21-14-10-18(11-15-21)17-6-2-1-3-7-17/h1-3,6-9,18H,4-5,10-16H2. The van der Waals surface area contributed by atoms with E-state index in [0.29, 0.717) is 25.6 Å². The highest BCUT2D eigenvalue weighted by Gasteiger charge is 2.30. The molecule has 2 aliphatic rings. The van der Waals surface area contributed by atoms with Crippen LogP contribution >= 0.6 is 0 Å². The Bertz CT molecular complexity index is 818. The van der Waals surface area contributed by atoms with Crippen LogP contribution in [0.5, 0.6) is 0 Å². The molecule has 2 aromatic rings. The highest BCUT2D eigenvalue weighted by molar-refractivity contribution is 7.89. The van der Waals surface area contributed by atoms with Gasteiger partial charge in [0.1, 0.15) is 5.76 Å². The van der Waals surface area contributed by atoms with Gasteiger partial charge in [-0.1, -0.05) is 30.3 Å². The van der Waals surface area contributed by atoms with Gasteiger partial charge in [-0.2, -0.15) is 4.31 Å². The monoisotopic (exact) mass is 374 g/mol. The number of sulfonamides is 1. The Kier molecular flexibility index (Phi) is 5.16. The number of hydrogen-bond donors (Lipinski definition) is 0. The van der Waals surface area contributed by atoms with Gasteiger partial charge in [-0.05, 0) is 62.4 Å². The first-order chi connectivity index (χ1) is 12.6. The predicted molar refractivity (Wildman–Crippen MR) is 100 cm³/mol. The molecule has 140 valence electrons. The molecule has 0 atom stereocenters. The molecule has 2 saturated heterocycles. The van der Waals surface area contributed by atoms with Crippen LogP contribution in [-0.4, -0.2) is 43.8 Å². The van der Waals surface area contributed by atoms with Gasteiger partial charge in [0.05, 0.1) is 6.54 Å². The molecular weight excluding hydrogens is 348 g/mol. The molecule has 0 amide bonds. The molecule has 1 aromatic heterocycles. The van der Waals surface area contributed by atoms with Gasteiger partial charge in [0.2, 0.25) is 5.09 Å². The molecule has 0 aliphatic carbocycles. The lowest BCUT2D eigenvalue weighted by Crippen LogP contribution is -2.32. The minimum atomic E-state index is -3.46. The molecule has 0 spiro atoms. The summed E-state index contributed by atoms with van der Waals surface area (Å²) in [5.41, 5.74) is 1.42. The van der Waals surface area contributed by atoms with Crippen LogP contribution in [0.25, 0.3) is 0 Å². The van der Waals surface area contributed by atoms with Gasteiger partial charge in [0, 0.05) is 13.1 Å². The molecule has 3 heterocycles. The third-order valence-corrected chi connectivity index (χ3v) is 7.31. The Morgan fingerprint density at radius 3 is 2.31 bits per heavy atom. The predicted octanol–water partition coefficient (Wildman–Crippen LogP) is 3.44. The number of benzene rings is 1. The van der Waals surface area contributed by atoms with Crippen molar-refractivity contribution in [3.8, 4) is 0 Å². The molecule has 0 N–H and O–H groups in total. The van der Waals surface area contributed by atoms with Gasteiger partial charge in [-0.25, -0.2) is 8.42 Å². The first-order valence-electron chi connectivity index (χ1n) is 9.49. The summed E-state index contributed by atoms with van der Waals surface area (Å²) in [6, 6.07) is 14.1. The van der Waals surface area contributed by atoms with Crippen LogP contribution < -0.4 is 0 Å². The molecule has 5 nitrogen and oxygen atoms in total. The van der Waals surface area contributed by atoms with Crippen LogP contribution in [0.15, 0.2) is 52.0 Å². The zero-order chi connectivity index (χ0) is 18.0. The summed E-state index contributed by atoms with van der Waals surface area (Å²) in [5, 5.41) is 0.0913. The van der Waals surface area contributed by atoms with E-state index >= 15 is 0 Å². The van der Waals surface area contributed by atoms with Crippen molar-refractivity contribution in [2.24, 2.45) is 0 Å². The summed E-state index contributed by atoms with van der Waals surface area (Å²) in [5.74, 6) is 1.36. The summed E-state index contributed by atoms with van der Waals surface area (Å²) in [6.45, 7) is 3.90. The van der Waals surface area contributed by atoms with E-state index in [9.17, 15) is 8.42 Å². The van der Waals surface area contributed by atoms with Crippen LogP contribution in [0.1, 0.15) is 42.9 Å². The molecule has 6 heteroatoms. The van der Waals surface area contributed by atoms with E-state index < -0.39 is 10.0 Å². The van der Waals surface area contributed by atoms with Crippen LogP contribution in [0.4, 0.5) is 0 Å². The Hall–Kier alpha value is -1.63. The average molecular weight is 375 g/mol. The number of hydrogen-bond acceptors (Lipinski definition) is 4. The normalized spacial score (nSPS) is 20.6. The van der Waals surface area contributed by atoms with Gasteiger partial charge < -0.3 is 4.42 Å². The topological polar surface area (TPSA) is 53.8 Å². The van der Waals surface area contributed by atoms with Crippen LogP contribution in [0, 0.1) is 0 Å². The average Bonchev–Trinajstić information content (AvgIpc) is 3.36. The van der Waals surface area contributed by atoms with Crippen molar-refractivity contribution in [1.82, 2.24) is 9.21 Å². The molecule has 2 aliphatic heterocycles.